The van der Waals surface area contributed by atoms with Gasteiger partial charge >= 0.3 is 0 Å². The molecule has 0 fully saturated rings. The van der Waals surface area contributed by atoms with Gasteiger partial charge in [0.2, 0.25) is 5.95 Å². The quantitative estimate of drug-likeness (QED) is 0.673. The molecular formula is C21H25N5. The van der Waals surface area contributed by atoms with Gasteiger partial charge in [0, 0.05) is 11.4 Å². The molecule has 3 rings (SSSR count). The van der Waals surface area contributed by atoms with E-state index in [0.717, 1.165) is 22.5 Å². The SMILES string of the molecule is Cc1cccc(C)c1Nc1cnnc(Nc2ccc(C(C)(C)C)cc2)n1. The summed E-state index contributed by atoms with van der Waals surface area (Å²) in [6.07, 6.45) is 1.62. The third kappa shape index (κ3) is 4.17. The summed E-state index contributed by atoms with van der Waals surface area (Å²) in [6, 6.07) is 14.5. The Balaban J connectivity index is 1.77. The molecule has 0 amide bonds. The van der Waals surface area contributed by atoms with E-state index in [4.69, 9.17) is 0 Å². The van der Waals surface area contributed by atoms with Crippen molar-refractivity contribution in [3.63, 3.8) is 0 Å². The first kappa shape index (κ1) is 17.9. The van der Waals surface area contributed by atoms with Gasteiger partial charge in [-0.3, -0.25) is 0 Å². The highest BCUT2D eigenvalue weighted by atomic mass is 15.3. The van der Waals surface area contributed by atoms with E-state index in [1.54, 1.807) is 6.20 Å². The number of rotatable bonds is 4. The molecule has 0 atom stereocenters. The van der Waals surface area contributed by atoms with E-state index in [-0.39, 0.29) is 5.41 Å². The number of nitrogens with zero attached hydrogens (tertiary/aromatic N) is 3. The van der Waals surface area contributed by atoms with E-state index in [2.05, 4.69) is 84.7 Å². The van der Waals surface area contributed by atoms with Gasteiger partial charge in [0.25, 0.3) is 0 Å². The Morgan fingerprint density at radius 2 is 1.50 bits per heavy atom. The van der Waals surface area contributed by atoms with Gasteiger partial charge < -0.3 is 10.6 Å². The zero-order valence-corrected chi connectivity index (χ0v) is 16.0. The summed E-state index contributed by atoms with van der Waals surface area (Å²) in [6.45, 7) is 10.7. The van der Waals surface area contributed by atoms with E-state index >= 15 is 0 Å². The number of nitrogens with one attached hydrogen (secondary N) is 2. The molecular weight excluding hydrogens is 322 g/mol. The van der Waals surface area contributed by atoms with Crippen molar-refractivity contribution in [2.45, 2.75) is 40.0 Å². The summed E-state index contributed by atoms with van der Waals surface area (Å²) in [5.41, 5.74) is 5.73. The molecule has 3 aromatic rings. The monoisotopic (exact) mass is 347 g/mol. The first-order valence-electron chi connectivity index (χ1n) is 8.73. The van der Waals surface area contributed by atoms with Gasteiger partial charge in [0.15, 0.2) is 5.82 Å². The fourth-order valence-electron chi connectivity index (χ4n) is 2.74. The molecule has 0 aliphatic rings. The van der Waals surface area contributed by atoms with Gasteiger partial charge in [-0.1, -0.05) is 51.1 Å². The molecule has 0 aliphatic heterocycles. The van der Waals surface area contributed by atoms with Crippen molar-refractivity contribution in [3.8, 4) is 0 Å². The Morgan fingerprint density at radius 3 is 2.12 bits per heavy atom. The molecule has 5 nitrogen and oxygen atoms in total. The predicted molar refractivity (Wildman–Crippen MR) is 107 cm³/mol. The van der Waals surface area contributed by atoms with Gasteiger partial charge in [-0.2, -0.15) is 10.1 Å². The molecule has 0 aliphatic carbocycles. The lowest BCUT2D eigenvalue weighted by molar-refractivity contribution is 0.590. The van der Waals surface area contributed by atoms with Crippen LogP contribution in [-0.2, 0) is 5.41 Å². The van der Waals surface area contributed by atoms with Gasteiger partial charge in [0.1, 0.15) is 0 Å². The summed E-state index contributed by atoms with van der Waals surface area (Å²) in [4.78, 5) is 4.52. The number of hydrogen-bond donors (Lipinski definition) is 2. The molecule has 1 heterocycles. The molecule has 0 radical (unpaired) electrons. The second kappa shape index (κ2) is 7.12. The fourth-order valence-corrected chi connectivity index (χ4v) is 2.74. The molecule has 0 bridgehead atoms. The van der Waals surface area contributed by atoms with Crippen LogP contribution in [-0.4, -0.2) is 15.2 Å². The highest BCUT2D eigenvalue weighted by Crippen LogP contribution is 2.25. The Bertz CT molecular complexity index is 875. The van der Waals surface area contributed by atoms with Crippen molar-refractivity contribution in [2.24, 2.45) is 0 Å². The number of hydrogen-bond acceptors (Lipinski definition) is 5. The Hall–Kier alpha value is -2.95. The first-order chi connectivity index (χ1) is 12.3. The average Bonchev–Trinajstić information content (AvgIpc) is 2.58. The molecule has 26 heavy (non-hydrogen) atoms. The molecule has 2 aromatic carbocycles. The predicted octanol–water partition coefficient (Wildman–Crippen LogP) is 5.27. The number of anilines is 4. The Morgan fingerprint density at radius 1 is 0.846 bits per heavy atom. The smallest absolute Gasteiger partial charge is 0.249 e. The van der Waals surface area contributed by atoms with E-state index in [1.165, 1.54) is 5.56 Å². The molecule has 0 saturated carbocycles. The third-order valence-corrected chi connectivity index (χ3v) is 4.30. The highest BCUT2D eigenvalue weighted by molar-refractivity contribution is 5.65. The summed E-state index contributed by atoms with van der Waals surface area (Å²) < 4.78 is 0. The lowest BCUT2D eigenvalue weighted by Gasteiger charge is -2.19. The van der Waals surface area contributed by atoms with Crippen LogP contribution < -0.4 is 10.6 Å². The van der Waals surface area contributed by atoms with Gasteiger partial charge in [-0.05, 0) is 48.1 Å². The topological polar surface area (TPSA) is 62.7 Å². The molecule has 0 saturated heterocycles. The lowest BCUT2D eigenvalue weighted by Crippen LogP contribution is -2.10. The zero-order chi connectivity index (χ0) is 18.7. The van der Waals surface area contributed by atoms with Crippen molar-refractivity contribution < 1.29 is 0 Å². The van der Waals surface area contributed by atoms with Crippen molar-refractivity contribution in [3.05, 3.63) is 65.4 Å². The number of para-hydroxylation sites is 1. The van der Waals surface area contributed by atoms with Gasteiger partial charge in [-0.25, -0.2) is 0 Å². The van der Waals surface area contributed by atoms with E-state index in [0.29, 0.717) is 11.8 Å². The zero-order valence-electron chi connectivity index (χ0n) is 16.0. The van der Waals surface area contributed by atoms with Crippen LogP contribution in [0.25, 0.3) is 0 Å². The molecule has 2 N–H and O–H groups in total. The number of aromatic nitrogens is 3. The van der Waals surface area contributed by atoms with Crippen LogP contribution in [0, 0.1) is 13.8 Å². The standard InChI is InChI=1S/C21H25N5/c1-14-7-6-8-15(2)19(14)24-18-13-22-26-20(25-18)23-17-11-9-16(10-12-17)21(3,4)5/h6-13H,1-5H3,(H2,23,24,25,26). The van der Waals surface area contributed by atoms with Crippen LogP contribution in [0.5, 0.6) is 0 Å². The van der Waals surface area contributed by atoms with Crippen LogP contribution in [0.1, 0.15) is 37.5 Å². The van der Waals surface area contributed by atoms with Crippen LogP contribution in [0.4, 0.5) is 23.1 Å². The van der Waals surface area contributed by atoms with Crippen molar-refractivity contribution >= 4 is 23.1 Å². The van der Waals surface area contributed by atoms with Gasteiger partial charge in [0.05, 0.1) is 6.20 Å². The summed E-state index contributed by atoms with van der Waals surface area (Å²) >= 11 is 0. The number of aryl methyl sites for hydroxylation is 2. The molecule has 5 heteroatoms. The van der Waals surface area contributed by atoms with E-state index < -0.39 is 0 Å². The minimum Gasteiger partial charge on any atom is -0.338 e. The first-order valence-corrected chi connectivity index (χ1v) is 8.73. The molecule has 0 unspecified atom stereocenters. The average molecular weight is 347 g/mol. The van der Waals surface area contributed by atoms with Crippen LogP contribution >= 0.6 is 0 Å². The Kier molecular flexibility index (Phi) is 4.89. The summed E-state index contributed by atoms with van der Waals surface area (Å²) in [5.74, 6) is 1.12. The maximum absolute atomic E-state index is 4.52. The van der Waals surface area contributed by atoms with Crippen molar-refractivity contribution in [2.75, 3.05) is 10.6 Å². The van der Waals surface area contributed by atoms with E-state index in [9.17, 15) is 0 Å². The van der Waals surface area contributed by atoms with Crippen LogP contribution in [0.15, 0.2) is 48.7 Å². The summed E-state index contributed by atoms with van der Waals surface area (Å²) in [7, 11) is 0. The second-order valence-corrected chi connectivity index (χ2v) is 7.51. The third-order valence-electron chi connectivity index (χ3n) is 4.30. The minimum atomic E-state index is 0.131. The van der Waals surface area contributed by atoms with Crippen LogP contribution in [0.2, 0.25) is 0 Å². The normalized spacial score (nSPS) is 11.3. The van der Waals surface area contributed by atoms with Crippen LogP contribution in [0.3, 0.4) is 0 Å². The molecule has 0 spiro atoms. The van der Waals surface area contributed by atoms with Crippen molar-refractivity contribution in [1.82, 2.24) is 15.2 Å². The highest BCUT2D eigenvalue weighted by Gasteiger charge is 2.13. The Labute approximate surface area is 154 Å². The van der Waals surface area contributed by atoms with E-state index in [1.807, 2.05) is 18.2 Å². The molecule has 1 aromatic heterocycles. The lowest BCUT2D eigenvalue weighted by atomic mass is 9.87. The summed E-state index contributed by atoms with van der Waals surface area (Å²) in [5, 5.41) is 14.7. The van der Waals surface area contributed by atoms with Crippen molar-refractivity contribution in [1.29, 1.82) is 0 Å². The maximum Gasteiger partial charge on any atom is 0.249 e. The fraction of sp³-hybridized carbons (Fsp3) is 0.286. The maximum atomic E-state index is 4.52. The molecule has 134 valence electrons. The minimum absolute atomic E-state index is 0.131. The van der Waals surface area contributed by atoms with Gasteiger partial charge in [-0.15, -0.1) is 5.10 Å². The largest absolute Gasteiger partial charge is 0.338 e. The number of benzene rings is 2. The second-order valence-electron chi connectivity index (χ2n) is 7.51.